The molecule has 0 saturated heterocycles. The summed E-state index contributed by atoms with van der Waals surface area (Å²) in [6.45, 7) is 2.26. The maximum absolute atomic E-state index is 12.6. The van der Waals surface area contributed by atoms with Gasteiger partial charge in [-0.3, -0.25) is 9.89 Å². The number of H-pyrrole nitrogens is 1. The molecule has 0 unspecified atom stereocenters. The Balaban J connectivity index is 1.79. The summed E-state index contributed by atoms with van der Waals surface area (Å²) in [5, 5.41) is 9.97. The van der Waals surface area contributed by atoms with Crippen molar-refractivity contribution in [3.63, 3.8) is 0 Å². The number of carbonyl (C=O) groups excluding carboxylic acids is 1. The Morgan fingerprint density at radius 2 is 2.18 bits per heavy atom. The number of aromatic nitrogens is 3. The minimum absolute atomic E-state index is 0.0239. The number of hydrogen-bond acceptors (Lipinski definition) is 4. The molecule has 1 heterocycles. The molecule has 4 N–H and O–H groups in total. The summed E-state index contributed by atoms with van der Waals surface area (Å²) >= 11 is 0. The number of aryl methyl sites for hydroxylation is 1. The number of hydrogen-bond donors (Lipinski definition) is 3. The number of benzene rings is 1. The van der Waals surface area contributed by atoms with Crippen molar-refractivity contribution >= 4 is 11.6 Å². The fourth-order valence-corrected chi connectivity index (χ4v) is 3.05. The third-order valence-corrected chi connectivity index (χ3v) is 4.41. The normalized spacial score (nSPS) is 16.6. The number of anilines is 1. The Morgan fingerprint density at radius 3 is 2.82 bits per heavy atom. The zero-order chi connectivity index (χ0) is 15.6. The van der Waals surface area contributed by atoms with Crippen LogP contribution in [0.15, 0.2) is 24.3 Å². The zero-order valence-electron chi connectivity index (χ0n) is 12.7. The van der Waals surface area contributed by atoms with Crippen LogP contribution in [-0.4, -0.2) is 27.6 Å². The van der Waals surface area contributed by atoms with Gasteiger partial charge in [-0.25, -0.2) is 4.98 Å². The Bertz CT molecular complexity index is 673. The first kappa shape index (κ1) is 14.7. The summed E-state index contributed by atoms with van der Waals surface area (Å²) in [6.07, 6.45) is 3.88. The second-order valence-corrected chi connectivity index (χ2v) is 5.97. The van der Waals surface area contributed by atoms with Crippen LogP contribution in [0.5, 0.6) is 0 Å². The van der Waals surface area contributed by atoms with Crippen LogP contribution in [0, 0.1) is 12.3 Å². The minimum Gasteiger partial charge on any atom is -0.329 e. The number of carbonyl (C=O) groups is 1. The molecule has 1 fully saturated rings. The van der Waals surface area contributed by atoms with Gasteiger partial charge in [-0.2, -0.15) is 5.10 Å². The molecule has 1 saturated carbocycles. The monoisotopic (exact) mass is 299 g/mol. The summed E-state index contributed by atoms with van der Waals surface area (Å²) in [6, 6.07) is 7.58. The van der Waals surface area contributed by atoms with Crippen LogP contribution < -0.4 is 11.1 Å². The third kappa shape index (κ3) is 2.74. The summed E-state index contributed by atoms with van der Waals surface area (Å²) in [4.78, 5) is 16.9. The van der Waals surface area contributed by atoms with Gasteiger partial charge in [-0.15, -0.1) is 0 Å². The second-order valence-electron chi connectivity index (χ2n) is 5.97. The quantitative estimate of drug-likeness (QED) is 0.806. The molecule has 2 aromatic rings. The van der Waals surface area contributed by atoms with E-state index in [9.17, 15) is 4.79 Å². The first-order chi connectivity index (χ1) is 10.6. The number of nitrogens with one attached hydrogen (secondary N) is 2. The lowest BCUT2D eigenvalue weighted by atomic mass is 9.85. The maximum Gasteiger partial charge on any atom is 0.231 e. The van der Waals surface area contributed by atoms with Crippen molar-refractivity contribution < 1.29 is 4.79 Å². The average molecular weight is 299 g/mol. The van der Waals surface area contributed by atoms with E-state index in [0.717, 1.165) is 42.8 Å². The smallest absolute Gasteiger partial charge is 0.231 e. The fourth-order valence-electron chi connectivity index (χ4n) is 3.05. The highest BCUT2D eigenvalue weighted by Gasteiger charge is 2.39. The highest BCUT2D eigenvalue weighted by Crippen LogP contribution is 2.38. The van der Waals surface area contributed by atoms with E-state index in [1.807, 2.05) is 31.2 Å². The van der Waals surface area contributed by atoms with Crippen molar-refractivity contribution in [1.29, 1.82) is 0 Å². The van der Waals surface area contributed by atoms with E-state index in [2.05, 4.69) is 20.5 Å². The maximum atomic E-state index is 12.6. The lowest BCUT2D eigenvalue weighted by molar-refractivity contribution is -0.124. The Kier molecular flexibility index (Phi) is 3.94. The van der Waals surface area contributed by atoms with Gasteiger partial charge in [0.05, 0.1) is 5.41 Å². The molecule has 1 aliphatic rings. The Morgan fingerprint density at radius 1 is 1.41 bits per heavy atom. The molecule has 116 valence electrons. The van der Waals surface area contributed by atoms with Crippen LogP contribution in [0.25, 0.3) is 11.4 Å². The van der Waals surface area contributed by atoms with E-state index in [-0.39, 0.29) is 5.91 Å². The van der Waals surface area contributed by atoms with E-state index < -0.39 is 5.41 Å². The fraction of sp³-hybridized carbons (Fsp3) is 0.438. The van der Waals surface area contributed by atoms with Gasteiger partial charge in [-0.1, -0.05) is 25.0 Å². The molecule has 0 radical (unpaired) electrons. The van der Waals surface area contributed by atoms with Crippen LogP contribution in [0.1, 0.15) is 31.5 Å². The van der Waals surface area contributed by atoms with Crippen LogP contribution in [0.3, 0.4) is 0 Å². The molecule has 0 bridgehead atoms. The van der Waals surface area contributed by atoms with Crippen LogP contribution in [-0.2, 0) is 4.79 Å². The standard InChI is InChI=1S/C16H21N5O/c1-11-18-14(21-20-11)12-5-4-6-13(9-12)19-15(22)16(10-17)7-2-3-8-16/h4-6,9H,2-3,7-8,10,17H2,1H3,(H,19,22)(H,18,20,21). The zero-order valence-corrected chi connectivity index (χ0v) is 12.7. The van der Waals surface area contributed by atoms with E-state index in [1.54, 1.807) is 0 Å². The lowest BCUT2D eigenvalue weighted by Crippen LogP contribution is -2.40. The molecule has 0 atom stereocenters. The predicted octanol–water partition coefficient (Wildman–Crippen LogP) is 2.24. The second kappa shape index (κ2) is 5.88. The van der Waals surface area contributed by atoms with Gasteiger partial charge in [0.15, 0.2) is 5.82 Å². The molecule has 3 rings (SSSR count). The van der Waals surface area contributed by atoms with Gasteiger partial charge in [0.2, 0.25) is 5.91 Å². The largest absolute Gasteiger partial charge is 0.329 e. The SMILES string of the molecule is Cc1nc(-c2cccc(NC(=O)C3(CN)CCCC3)c2)n[nH]1. The van der Waals surface area contributed by atoms with Crippen molar-refractivity contribution in [2.45, 2.75) is 32.6 Å². The lowest BCUT2D eigenvalue weighted by Gasteiger charge is -2.25. The van der Waals surface area contributed by atoms with Gasteiger partial charge < -0.3 is 11.1 Å². The van der Waals surface area contributed by atoms with Crippen molar-refractivity contribution in [2.24, 2.45) is 11.1 Å². The number of nitrogens with zero attached hydrogens (tertiary/aromatic N) is 2. The average Bonchev–Trinajstić information content (AvgIpc) is 3.17. The molecule has 6 nitrogen and oxygen atoms in total. The molecule has 1 amide bonds. The molecule has 0 spiro atoms. The number of amides is 1. The van der Waals surface area contributed by atoms with Crippen LogP contribution >= 0.6 is 0 Å². The molecular formula is C16H21N5O. The Hall–Kier alpha value is -2.21. The number of aromatic amines is 1. The number of nitrogens with two attached hydrogens (primary N) is 1. The summed E-state index contributed by atoms with van der Waals surface area (Å²) < 4.78 is 0. The van der Waals surface area contributed by atoms with Crippen LogP contribution in [0.4, 0.5) is 5.69 Å². The third-order valence-electron chi connectivity index (χ3n) is 4.41. The first-order valence-corrected chi connectivity index (χ1v) is 7.64. The van der Waals surface area contributed by atoms with E-state index in [0.29, 0.717) is 12.4 Å². The van der Waals surface area contributed by atoms with Gasteiger partial charge in [0.1, 0.15) is 5.82 Å². The molecular weight excluding hydrogens is 278 g/mol. The van der Waals surface area contributed by atoms with Gasteiger partial charge >= 0.3 is 0 Å². The minimum atomic E-state index is -0.406. The predicted molar refractivity (Wildman–Crippen MR) is 85.1 cm³/mol. The molecule has 1 aliphatic carbocycles. The molecule has 1 aromatic heterocycles. The van der Waals surface area contributed by atoms with Crippen molar-refractivity contribution in [3.05, 3.63) is 30.1 Å². The molecule has 0 aliphatic heterocycles. The van der Waals surface area contributed by atoms with Crippen molar-refractivity contribution in [2.75, 3.05) is 11.9 Å². The highest BCUT2D eigenvalue weighted by molar-refractivity contribution is 5.96. The molecule has 22 heavy (non-hydrogen) atoms. The highest BCUT2D eigenvalue weighted by atomic mass is 16.2. The molecule has 1 aromatic carbocycles. The molecule has 6 heteroatoms. The van der Waals surface area contributed by atoms with Crippen molar-refractivity contribution in [3.8, 4) is 11.4 Å². The van der Waals surface area contributed by atoms with Crippen molar-refractivity contribution in [1.82, 2.24) is 15.2 Å². The van der Waals surface area contributed by atoms with E-state index in [1.165, 1.54) is 0 Å². The summed E-state index contributed by atoms with van der Waals surface area (Å²) in [5.74, 6) is 1.41. The van der Waals surface area contributed by atoms with Gasteiger partial charge in [-0.05, 0) is 31.9 Å². The first-order valence-electron chi connectivity index (χ1n) is 7.64. The van der Waals surface area contributed by atoms with Gasteiger partial charge in [0.25, 0.3) is 0 Å². The summed E-state index contributed by atoms with van der Waals surface area (Å²) in [5.41, 5.74) is 7.08. The topological polar surface area (TPSA) is 96.7 Å². The van der Waals surface area contributed by atoms with Crippen LogP contribution in [0.2, 0.25) is 0 Å². The van der Waals surface area contributed by atoms with E-state index >= 15 is 0 Å². The summed E-state index contributed by atoms with van der Waals surface area (Å²) in [7, 11) is 0. The van der Waals surface area contributed by atoms with Gasteiger partial charge in [0, 0.05) is 17.8 Å². The Labute approximate surface area is 129 Å². The number of rotatable bonds is 4. The van der Waals surface area contributed by atoms with E-state index in [4.69, 9.17) is 5.73 Å².